The molecule has 4 saturated carbocycles. The van der Waals surface area contributed by atoms with Gasteiger partial charge in [0.05, 0.1) is 4.90 Å². The first-order valence-corrected chi connectivity index (χ1v) is 11.9. The van der Waals surface area contributed by atoms with Crippen molar-refractivity contribution in [1.29, 1.82) is 0 Å². The van der Waals surface area contributed by atoms with Crippen LogP contribution in [0.5, 0.6) is 0 Å². The number of rotatable bonds is 5. The zero-order valence-corrected chi connectivity index (χ0v) is 17.6. The van der Waals surface area contributed by atoms with Crippen molar-refractivity contribution in [3.8, 4) is 0 Å². The molecule has 5 nitrogen and oxygen atoms in total. The SMILES string of the molecule is CCc1c(N)c(C)c(N)c(CC)c1S(=O)(=O)NC12CC3CC(CC(C3)C1)C2. The summed E-state index contributed by atoms with van der Waals surface area (Å²) in [5.74, 6) is 2.05. The van der Waals surface area contributed by atoms with Gasteiger partial charge < -0.3 is 11.5 Å². The lowest BCUT2D eigenvalue weighted by Gasteiger charge is -2.56. The van der Waals surface area contributed by atoms with Crippen molar-refractivity contribution in [1.82, 2.24) is 4.72 Å². The number of anilines is 2. The van der Waals surface area contributed by atoms with Gasteiger partial charge in [-0.1, -0.05) is 13.8 Å². The van der Waals surface area contributed by atoms with Gasteiger partial charge in [0.1, 0.15) is 0 Å². The van der Waals surface area contributed by atoms with Crippen molar-refractivity contribution in [2.24, 2.45) is 17.8 Å². The molecule has 0 heterocycles. The van der Waals surface area contributed by atoms with E-state index in [9.17, 15) is 8.42 Å². The summed E-state index contributed by atoms with van der Waals surface area (Å²) in [5, 5.41) is 0. The molecule has 0 spiro atoms. The lowest BCUT2D eigenvalue weighted by atomic mass is 9.53. The van der Waals surface area contributed by atoms with Gasteiger partial charge in [-0.15, -0.1) is 0 Å². The Morgan fingerprint density at radius 1 is 0.926 bits per heavy atom. The van der Waals surface area contributed by atoms with E-state index < -0.39 is 10.0 Å². The van der Waals surface area contributed by atoms with E-state index in [0.717, 1.165) is 36.0 Å². The molecular formula is C21H33N3O2S. The van der Waals surface area contributed by atoms with Gasteiger partial charge in [-0.3, -0.25) is 0 Å². The van der Waals surface area contributed by atoms with E-state index in [1.807, 2.05) is 20.8 Å². The first kappa shape index (κ1) is 19.1. The average Bonchev–Trinajstić information content (AvgIpc) is 2.57. The Bertz CT molecular complexity index is 810. The molecule has 4 aliphatic carbocycles. The molecular weight excluding hydrogens is 358 g/mol. The van der Waals surface area contributed by atoms with Crippen LogP contribution in [0.15, 0.2) is 4.90 Å². The van der Waals surface area contributed by atoms with Crippen molar-refractivity contribution in [2.75, 3.05) is 11.5 Å². The predicted molar refractivity (Wildman–Crippen MR) is 110 cm³/mol. The third-order valence-corrected chi connectivity index (χ3v) is 9.10. The Hall–Kier alpha value is -1.27. The quantitative estimate of drug-likeness (QED) is 0.669. The van der Waals surface area contributed by atoms with Crippen LogP contribution in [0.25, 0.3) is 0 Å². The number of nitrogens with two attached hydrogens (primary N) is 2. The largest absolute Gasteiger partial charge is 0.398 e. The molecule has 27 heavy (non-hydrogen) atoms. The minimum absolute atomic E-state index is 0.266. The molecule has 5 rings (SSSR count). The van der Waals surface area contributed by atoms with Crippen LogP contribution < -0.4 is 16.2 Å². The van der Waals surface area contributed by atoms with E-state index in [1.165, 1.54) is 19.3 Å². The molecule has 4 fully saturated rings. The van der Waals surface area contributed by atoms with Gasteiger partial charge in [0.25, 0.3) is 0 Å². The summed E-state index contributed by atoms with van der Waals surface area (Å²) in [5.41, 5.74) is 15.6. The molecule has 0 atom stereocenters. The minimum atomic E-state index is -3.68. The third kappa shape index (κ3) is 2.96. The van der Waals surface area contributed by atoms with Gasteiger partial charge in [0.2, 0.25) is 10.0 Å². The smallest absolute Gasteiger partial charge is 0.241 e. The van der Waals surface area contributed by atoms with Crippen molar-refractivity contribution < 1.29 is 8.42 Å². The standard InChI is InChI=1S/C21H33N3O2S/c1-4-16-18(22)12(3)19(23)17(5-2)20(16)27(25,26)24-21-9-13-6-14(10-21)8-15(7-13)11-21/h13-15,24H,4-11,22-23H2,1-3H3. The summed E-state index contributed by atoms with van der Waals surface area (Å²) in [6.07, 6.45) is 7.96. The number of hydrogen-bond donors (Lipinski definition) is 3. The summed E-state index contributed by atoms with van der Waals surface area (Å²) in [7, 11) is -3.68. The highest BCUT2D eigenvalue weighted by atomic mass is 32.2. The summed E-state index contributed by atoms with van der Waals surface area (Å²) in [4.78, 5) is 0.351. The highest BCUT2D eigenvalue weighted by molar-refractivity contribution is 7.89. The lowest BCUT2D eigenvalue weighted by molar-refractivity contribution is -0.00811. The predicted octanol–water partition coefficient (Wildman–Crippen LogP) is 3.53. The molecule has 4 aliphatic rings. The molecule has 150 valence electrons. The van der Waals surface area contributed by atoms with Crippen LogP contribution >= 0.6 is 0 Å². The molecule has 0 radical (unpaired) electrons. The van der Waals surface area contributed by atoms with Crippen molar-refractivity contribution in [3.05, 3.63) is 16.7 Å². The van der Waals surface area contributed by atoms with E-state index >= 15 is 0 Å². The summed E-state index contributed by atoms with van der Waals surface area (Å²) in [6, 6.07) is 0. The Morgan fingerprint density at radius 2 is 1.33 bits per heavy atom. The van der Waals surface area contributed by atoms with Gasteiger partial charge in [0.15, 0.2) is 0 Å². The first-order valence-electron chi connectivity index (χ1n) is 10.4. The van der Waals surface area contributed by atoms with Gasteiger partial charge in [0, 0.05) is 16.9 Å². The number of nitrogens with one attached hydrogen (secondary N) is 1. The maximum Gasteiger partial charge on any atom is 0.241 e. The summed E-state index contributed by atoms with van der Waals surface area (Å²) < 4.78 is 30.5. The maximum absolute atomic E-state index is 13.7. The zero-order valence-electron chi connectivity index (χ0n) is 16.8. The van der Waals surface area contributed by atoms with Crippen molar-refractivity contribution in [2.45, 2.75) is 82.6 Å². The fraction of sp³-hybridized carbons (Fsp3) is 0.714. The molecule has 0 amide bonds. The Balaban J connectivity index is 1.79. The van der Waals surface area contributed by atoms with Crippen molar-refractivity contribution in [3.63, 3.8) is 0 Å². The Labute approximate surface area is 163 Å². The lowest BCUT2D eigenvalue weighted by Crippen LogP contribution is -2.59. The second-order valence-electron chi connectivity index (χ2n) is 9.25. The van der Waals surface area contributed by atoms with Gasteiger partial charge >= 0.3 is 0 Å². The van der Waals surface area contributed by atoms with Crippen molar-refractivity contribution >= 4 is 21.4 Å². The second kappa shape index (κ2) is 6.38. The van der Waals surface area contributed by atoms with Gasteiger partial charge in [-0.25, -0.2) is 13.1 Å². The molecule has 1 aromatic carbocycles. The Morgan fingerprint density at radius 3 is 1.70 bits per heavy atom. The molecule has 0 aliphatic heterocycles. The number of sulfonamides is 1. The minimum Gasteiger partial charge on any atom is -0.398 e. The second-order valence-corrected chi connectivity index (χ2v) is 10.9. The first-order chi connectivity index (χ1) is 12.7. The fourth-order valence-electron chi connectivity index (χ4n) is 6.62. The van der Waals surface area contributed by atoms with Crippen LogP contribution in [-0.2, 0) is 22.9 Å². The van der Waals surface area contributed by atoms with Crippen LogP contribution in [0.1, 0.15) is 69.1 Å². The van der Waals surface area contributed by atoms with Crippen LogP contribution in [0.3, 0.4) is 0 Å². The molecule has 6 heteroatoms. The monoisotopic (exact) mass is 391 g/mol. The summed E-state index contributed by atoms with van der Waals surface area (Å²) >= 11 is 0. The van der Waals surface area contributed by atoms with E-state index in [2.05, 4.69) is 4.72 Å². The maximum atomic E-state index is 13.7. The average molecular weight is 392 g/mol. The summed E-state index contributed by atoms with van der Waals surface area (Å²) in [6.45, 7) is 5.81. The normalized spacial score (nSPS) is 32.2. The Kier molecular flexibility index (Phi) is 4.50. The molecule has 4 bridgehead atoms. The van der Waals surface area contributed by atoms with Crippen LogP contribution in [0.4, 0.5) is 11.4 Å². The zero-order chi connectivity index (χ0) is 19.6. The van der Waals surface area contributed by atoms with E-state index in [4.69, 9.17) is 11.5 Å². The molecule has 0 saturated heterocycles. The molecule has 0 unspecified atom stereocenters. The van der Waals surface area contributed by atoms with E-state index in [0.29, 0.717) is 46.9 Å². The number of nitrogen functional groups attached to an aromatic ring is 2. The fourth-order valence-corrected chi connectivity index (χ4v) is 8.70. The van der Waals surface area contributed by atoms with E-state index in [-0.39, 0.29) is 5.54 Å². The van der Waals surface area contributed by atoms with Crippen LogP contribution in [0.2, 0.25) is 0 Å². The molecule has 1 aromatic rings. The number of benzene rings is 1. The van der Waals surface area contributed by atoms with E-state index in [1.54, 1.807) is 0 Å². The third-order valence-electron chi connectivity index (χ3n) is 7.37. The van der Waals surface area contributed by atoms with Gasteiger partial charge in [-0.05, 0) is 92.7 Å². The van der Waals surface area contributed by atoms with Gasteiger partial charge in [-0.2, -0.15) is 0 Å². The van der Waals surface area contributed by atoms with Crippen LogP contribution in [-0.4, -0.2) is 14.0 Å². The molecule has 0 aromatic heterocycles. The highest BCUT2D eigenvalue weighted by Crippen LogP contribution is 2.56. The highest BCUT2D eigenvalue weighted by Gasteiger charge is 2.52. The number of hydrogen-bond acceptors (Lipinski definition) is 4. The molecule has 5 N–H and O–H groups in total. The topological polar surface area (TPSA) is 98.2 Å². The van der Waals surface area contributed by atoms with Crippen LogP contribution in [0, 0.1) is 24.7 Å².